The molecule has 1 heterocycles. The highest BCUT2D eigenvalue weighted by Crippen LogP contribution is 2.36. The Morgan fingerprint density at radius 2 is 1.76 bits per heavy atom. The van der Waals surface area contributed by atoms with Gasteiger partial charge in [0.05, 0.1) is 38.1 Å². The highest BCUT2D eigenvalue weighted by atomic mass is 16.5. The minimum atomic E-state index is -0.749. The molecule has 0 fully saturated rings. The summed E-state index contributed by atoms with van der Waals surface area (Å²) in [7, 11) is 4.68. The summed E-state index contributed by atoms with van der Waals surface area (Å²) < 4.78 is 22.3. The van der Waals surface area contributed by atoms with Crippen molar-refractivity contribution >= 4 is 12.0 Å². The smallest absolute Gasteiger partial charge is 0.338 e. The zero-order valence-electron chi connectivity index (χ0n) is 20.5. The van der Waals surface area contributed by atoms with Crippen molar-refractivity contribution in [2.45, 2.75) is 32.7 Å². The first-order valence-electron chi connectivity index (χ1n) is 11.2. The fourth-order valence-electron chi connectivity index (χ4n) is 3.90. The molecule has 2 aromatic rings. The minimum absolute atomic E-state index is 0.0194. The second-order valence-corrected chi connectivity index (χ2v) is 8.12. The van der Waals surface area contributed by atoms with Crippen molar-refractivity contribution in [3.8, 4) is 17.2 Å². The fourth-order valence-corrected chi connectivity index (χ4v) is 3.90. The largest absolute Gasteiger partial charge is 0.493 e. The maximum atomic E-state index is 13.1. The number of likely N-dealkylation sites (N-methyl/N-ethyl adjacent to an activating group) is 1. The van der Waals surface area contributed by atoms with E-state index < -0.39 is 12.0 Å². The van der Waals surface area contributed by atoms with Crippen LogP contribution in [0, 0.1) is 0 Å². The van der Waals surface area contributed by atoms with E-state index in [2.05, 4.69) is 19.2 Å². The molecule has 8 heteroatoms. The number of amides is 2. The number of methoxy groups -OCH3 is 2. The van der Waals surface area contributed by atoms with Gasteiger partial charge in [0, 0.05) is 7.05 Å². The first-order valence-corrected chi connectivity index (χ1v) is 11.2. The predicted octanol–water partition coefficient (Wildman–Crippen LogP) is 4.42. The summed E-state index contributed by atoms with van der Waals surface area (Å²) in [5.74, 6) is 1.46. The highest BCUT2D eigenvalue weighted by molar-refractivity contribution is 5.95. The maximum absolute atomic E-state index is 13.1. The highest BCUT2D eigenvalue weighted by Gasteiger charge is 2.37. The zero-order valence-corrected chi connectivity index (χ0v) is 20.5. The van der Waals surface area contributed by atoms with Crippen molar-refractivity contribution in [3.05, 3.63) is 64.9 Å². The summed E-state index contributed by atoms with van der Waals surface area (Å²) in [6, 6.07) is 11.9. The molecule has 2 aromatic carbocycles. The first-order chi connectivity index (χ1) is 16.3. The van der Waals surface area contributed by atoms with E-state index in [0.29, 0.717) is 34.1 Å². The lowest BCUT2D eigenvalue weighted by Gasteiger charge is -2.34. The molecule has 0 spiro atoms. The van der Waals surface area contributed by atoms with E-state index >= 15 is 0 Å². The molecular weight excluding hydrogens is 436 g/mol. The molecule has 0 aliphatic carbocycles. The van der Waals surface area contributed by atoms with Crippen LogP contribution in [0.2, 0.25) is 0 Å². The van der Waals surface area contributed by atoms with Crippen molar-refractivity contribution in [2.24, 2.45) is 0 Å². The van der Waals surface area contributed by atoms with Gasteiger partial charge in [-0.15, -0.1) is 0 Å². The van der Waals surface area contributed by atoms with E-state index in [1.807, 2.05) is 24.3 Å². The molecule has 1 N–H and O–H groups in total. The lowest BCUT2D eigenvalue weighted by molar-refractivity contribution is -0.139. The van der Waals surface area contributed by atoms with Crippen LogP contribution in [-0.4, -0.2) is 51.4 Å². The van der Waals surface area contributed by atoms with Crippen LogP contribution in [0.5, 0.6) is 17.2 Å². The molecule has 8 nitrogen and oxygen atoms in total. The molecule has 0 unspecified atom stereocenters. The number of hydrogen-bond acceptors (Lipinski definition) is 6. The van der Waals surface area contributed by atoms with E-state index in [1.165, 1.54) is 12.0 Å². The summed E-state index contributed by atoms with van der Waals surface area (Å²) in [5, 5.41) is 2.89. The van der Waals surface area contributed by atoms with Crippen molar-refractivity contribution in [3.63, 3.8) is 0 Å². The molecule has 0 bridgehead atoms. The van der Waals surface area contributed by atoms with Crippen LogP contribution in [0.1, 0.15) is 43.9 Å². The quantitative estimate of drug-likeness (QED) is 0.549. The van der Waals surface area contributed by atoms with Crippen molar-refractivity contribution in [1.82, 2.24) is 10.2 Å². The third kappa shape index (κ3) is 5.11. The van der Waals surface area contributed by atoms with Crippen LogP contribution in [0.3, 0.4) is 0 Å². The number of urea groups is 1. The number of nitrogens with zero attached hydrogens (tertiary/aromatic N) is 1. The van der Waals surface area contributed by atoms with E-state index in [9.17, 15) is 9.59 Å². The summed E-state index contributed by atoms with van der Waals surface area (Å²) in [4.78, 5) is 27.4. The SMILES string of the molecule is CCOC(=O)C1=C(COc2ccccc2C(C)C)N(C)C(=O)N[C@@H]1c1ccc(OC)c(OC)c1. The topological polar surface area (TPSA) is 86.3 Å². The summed E-state index contributed by atoms with van der Waals surface area (Å²) in [6.45, 7) is 6.12. The lowest BCUT2D eigenvalue weighted by atomic mass is 9.94. The molecule has 2 amide bonds. The molecule has 182 valence electrons. The molecule has 1 atom stereocenters. The lowest BCUT2D eigenvalue weighted by Crippen LogP contribution is -2.48. The fraction of sp³-hybridized carbons (Fsp3) is 0.385. The summed E-state index contributed by atoms with van der Waals surface area (Å²) in [5.41, 5.74) is 2.43. The van der Waals surface area contributed by atoms with Crippen LogP contribution in [0.25, 0.3) is 0 Å². The Hall–Kier alpha value is -3.68. The Bertz CT molecular complexity index is 1080. The molecule has 0 saturated carbocycles. The maximum Gasteiger partial charge on any atom is 0.338 e. The second-order valence-electron chi connectivity index (χ2n) is 8.12. The van der Waals surface area contributed by atoms with Gasteiger partial charge in [-0.25, -0.2) is 9.59 Å². The van der Waals surface area contributed by atoms with Gasteiger partial charge in [0.2, 0.25) is 0 Å². The van der Waals surface area contributed by atoms with Gasteiger partial charge < -0.3 is 24.3 Å². The minimum Gasteiger partial charge on any atom is -0.493 e. The Labute approximate surface area is 200 Å². The van der Waals surface area contributed by atoms with Crippen LogP contribution in [-0.2, 0) is 9.53 Å². The molecule has 3 rings (SSSR count). The number of hydrogen-bond donors (Lipinski definition) is 1. The monoisotopic (exact) mass is 468 g/mol. The predicted molar refractivity (Wildman–Crippen MR) is 128 cm³/mol. The number of nitrogens with one attached hydrogen (secondary N) is 1. The molecule has 0 aromatic heterocycles. The average molecular weight is 469 g/mol. The van der Waals surface area contributed by atoms with E-state index in [-0.39, 0.29) is 25.2 Å². The number of carbonyl (C=O) groups is 2. The second kappa shape index (κ2) is 11.0. The molecule has 1 aliphatic rings. The molecule has 0 saturated heterocycles. The van der Waals surface area contributed by atoms with Gasteiger partial charge >= 0.3 is 12.0 Å². The molecular formula is C26H32N2O6. The van der Waals surface area contributed by atoms with Crippen molar-refractivity contribution < 1.29 is 28.5 Å². The van der Waals surface area contributed by atoms with Gasteiger partial charge in [-0.1, -0.05) is 38.1 Å². The van der Waals surface area contributed by atoms with Crippen LogP contribution in [0.4, 0.5) is 4.79 Å². The first kappa shape index (κ1) is 25.0. The van der Waals surface area contributed by atoms with E-state index in [0.717, 1.165) is 5.56 Å². The average Bonchev–Trinajstić information content (AvgIpc) is 2.84. The van der Waals surface area contributed by atoms with Gasteiger partial charge in [0.25, 0.3) is 0 Å². The molecule has 0 radical (unpaired) electrons. The summed E-state index contributed by atoms with van der Waals surface area (Å²) >= 11 is 0. The third-order valence-corrected chi connectivity index (χ3v) is 5.72. The Balaban J connectivity index is 2.08. The third-order valence-electron chi connectivity index (χ3n) is 5.72. The van der Waals surface area contributed by atoms with Gasteiger partial charge in [0.1, 0.15) is 12.4 Å². The Morgan fingerprint density at radius 3 is 2.41 bits per heavy atom. The van der Waals surface area contributed by atoms with Crippen LogP contribution >= 0.6 is 0 Å². The Morgan fingerprint density at radius 1 is 1.06 bits per heavy atom. The van der Waals surface area contributed by atoms with E-state index in [1.54, 1.807) is 39.3 Å². The van der Waals surface area contributed by atoms with Crippen LogP contribution in [0.15, 0.2) is 53.7 Å². The number of para-hydroxylation sites is 1. The van der Waals surface area contributed by atoms with E-state index in [4.69, 9.17) is 18.9 Å². The number of benzene rings is 2. The standard InChI is InChI=1S/C26H32N2O6/c1-7-33-25(29)23-19(15-34-20-11-9-8-10-18(20)16(2)3)28(4)26(30)27-24(23)17-12-13-21(31-5)22(14-17)32-6/h8-14,16,24H,7,15H2,1-6H3,(H,27,30)/t24-/m1/s1. The van der Waals surface area contributed by atoms with Gasteiger partial charge in [-0.2, -0.15) is 0 Å². The van der Waals surface area contributed by atoms with Gasteiger partial charge in [-0.05, 0) is 42.2 Å². The number of esters is 1. The number of carbonyl (C=O) groups excluding carboxylic acids is 2. The van der Waals surface area contributed by atoms with Crippen LogP contribution < -0.4 is 19.5 Å². The van der Waals surface area contributed by atoms with Crippen molar-refractivity contribution in [1.29, 1.82) is 0 Å². The van der Waals surface area contributed by atoms with Crippen molar-refractivity contribution in [2.75, 3.05) is 34.5 Å². The number of rotatable bonds is 9. The van der Waals surface area contributed by atoms with Gasteiger partial charge in [-0.3, -0.25) is 4.90 Å². The molecule has 34 heavy (non-hydrogen) atoms. The zero-order chi connectivity index (χ0) is 24.8. The van der Waals surface area contributed by atoms with Gasteiger partial charge in [0.15, 0.2) is 11.5 Å². The Kier molecular flexibility index (Phi) is 8.04. The molecule has 1 aliphatic heterocycles. The number of ether oxygens (including phenoxy) is 4. The normalized spacial score (nSPS) is 15.8. The summed E-state index contributed by atoms with van der Waals surface area (Å²) in [6.07, 6.45) is 0.